The standard InChI is InChI=1S/C16H28N4O2S/c1-6-22-14-9-19(4)8-13(14)18-16(21)20(5)7-12-10-23-15(17-12)11(2)3/h10-11,13-14H,6-9H2,1-5H3,(H,18,21)/t13-,14-/m0/s1. The molecule has 0 radical (unpaired) electrons. The fourth-order valence-electron chi connectivity index (χ4n) is 2.73. The third-order valence-electron chi connectivity index (χ3n) is 3.95. The minimum absolute atomic E-state index is 0.0385. The maximum atomic E-state index is 12.4. The number of nitrogens with one attached hydrogen (secondary N) is 1. The van der Waals surface area contributed by atoms with E-state index in [0.29, 0.717) is 19.1 Å². The van der Waals surface area contributed by atoms with Gasteiger partial charge in [-0.2, -0.15) is 0 Å². The van der Waals surface area contributed by atoms with Crippen LogP contribution in [0.4, 0.5) is 4.79 Å². The number of hydrogen-bond acceptors (Lipinski definition) is 5. The van der Waals surface area contributed by atoms with Crippen LogP contribution in [0.25, 0.3) is 0 Å². The largest absolute Gasteiger partial charge is 0.375 e. The summed E-state index contributed by atoms with van der Waals surface area (Å²) in [6, 6.07) is -0.0364. The number of amides is 2. The number of carbonyl (C=O) groups is 1. The lowest BCUT2D eigenvalue weighted by Crippen LogP contribution is -2.48. The molecule has 1 N–H and O–H groups in total. The van der Waals surface area contributed by atoms with Gasteiger partial charge in [-0.1, -0.05) is 13.8 Å². The highest BCUT2D eigenvalue weighted by Gasteiger charge is 2.33. The van der Waals surface area contributed by atoms with E-state index in [1.54, 1.807) is 23.3 Å². The highest BCUT2D eigenvalue weighted by molar-refractivity contribution is 7.09. The highest BCUT2D eigenvalue weighted by atomic mass is 32.1. The lowest BCUT2D eigenvalue weighted by atomic mass is 10.2. The molecule has 2 rings (SSSR count). The van der Waals surface area contributed by atoms with Crippen molar-refractivity contribution in [3.8, 4) is 0 Å². The van der Waals surface area contributed by atoms with Gasteiger partial charge in [-0.05, 0) is 14.0 Å². The normalized spacial score (nSPS) is 21.8. The Morgan fingerprint density at radius 2 is 2.30 bits per heavy atom. The predicted octanol–water partition coefficient (Wildman–Crippen LogP) is 2.13. The van der Waals surface area contributed by atoms with Crippen molar-refractivity contribution < 1.29 is 9.53 Å². The van der Waals surface area contributed by atoms with E-state index in [2.05, 4.69) is 29.0 Å². The van der Waals surface area contributed by atoms with Gasteiger partial charge in [0, 0.05) is 38.0 Å². The Labute approximate surface area is 142 Å². The topological polar surface area (TPSA) is 57.7 Å². The maximum absolute atomic E-state index is 12.4. The van der Waals surface area contributed by atoms with Gasteiger partial charge < -0.3 is 19.9 Å². The van der Waals surface area contributed by atoms with Gasteiger partial charge in [-0.25, -0.2) is 9.78 Å². The monoisotopic (exact) mass is 340 g/mol. The summed E-state index contributed by atoms with van der Waals surface area (Å²) in [7, 11) is 3.85. The molecule has 0 saturated carbocycles. The van der Waals surface area contributed by atoms with Crippen LogP contribution in [0.2, 0.25) is 0 Å². The number of nitrogens with zero attached hydrogens (tertiary/aromatic N) is 3. The van der Waals surface area contributed by atoms with Crippen LogP contribution in [-0.4, -0.2) is 66.8 Å². The summed E-state index contributed by atoms with van der Waals surface area (Å²) in [5, 5.41) is 6.24. The Morgan fingerprint density at radius 3 is 2.91 bits per heavy atom. The first kappa shape index (κ1) is 18.2. The number of urea groups is 1. The Balaban J connectivity index is 1.88. The van der Waals surface area contributed by atoms with Crippen LogP contribution >= 0.6 is 11.3 Å². The number of carbonyl (C=O) groups excluding carboxylic acids is 1. The Kier molecular flexibility index (Phi) is 6.38. The molecule has 2 heterocycles. The number of thiazole rings is 1. The molecule has 23 heavy (non-hydrogen) atoms. The molecule has 1 aromatic rings. The molecule has 0 unspecified atom stereocenters. The third kappa shape index (κ3) is 4.89. The molecule has 6 nitrogen and oxygen atoms in total. The number of hydrogen-bond donors (Lipinski definition) is 1. The highest BCUT2D eigenvalue weighted by Crippen LogP contribution is 2.20. The number of likely N-dealkylation sites (tertiary alicyclic amines) is 1. The lowest BCUT2D eigenvalue weighted by Gasteiger charge is -2.23. The van der Waals surface area contributed by atoms with E-state index in [-0.39, 0.29) is 18.2 Å². The van der Waals surface area contributed by atoms with E-state index in [0.717, 1.165) is 23.8 Å². The summed E-state index contributed by atoms with van der Waals surface area (Å²) in [5.74, 6) is 0.425. The first-order chi connectivity index (χ1) is 10.9. The zero-order valence-corrected chi connectivity index (χ0v) is 15.5. The Morgan fingerprint density at radius 1 is 1.57 bits per heavy atom. The molecular weight excluding hydrogens is 312 g/mol. The summed E-state index contributed by atoms with van der Waals surface area (Å²) >= 11 is 1.66. The quantitative estimate of drug-likeness (QED) is 0.862. The van der Waals surface area contributed by atoms with Crippen LogP contribution in [0.5, 0.6) is 0 Å². The van der Waals surface area contributed by atoms with Gasteiger partial charge in [-0.15, -0.1) is 11.3 Å². The molecule has 1 aliphatic heterocycles. The van der Waals surface area contributed by atoms with Gasteiger partial charge in [-0.3, -0.25) is 0 Å². The number of ether oxygens (including phenoxy) is 1. The van der Waals surface area contributed by atoms with Crippen molar-refractivity contribution in [3.63, 3.8) is 0 Å². The predicted molar refractivity (Wildman–Crippen MR) is 92.9 cm³/mol. The summed E-state index contributed by atoms with van der Waals surface area (Å²) in [6.07, 6.45) is 0.0640. The van der Waals surface area contributed by atoms with Crippen molar-refractivity contribution in [2.45, 2.75) is 45.4 Å². The molecule has 0 bridgehead atoms. The third-order valence-corrected chi connectivity index (χ3v) is 5.14. The fraction of sp³-hybridized carbons (Fsp3) is 0.750. The number of aromatic nitrogens is 1. The summed E-state index contributed by atoms with van der Waals surface area (Å²) in [4.78, 5) is 20.9. The second-order valence-electron chi connectivity index (χ2n) is 6.46. The van der Waals surface area contributed by atoms with E-state index in [9.17, 15) is 4.79 Å². The van der Waals surface area contributed by atoms with Crippen LogP contribution in [0.3, 0.4) is 0 Å². The molecule has 1 aromatic heterocycles. The Bertz CT molecular complexity index is 520. The second-order valence-corrected chi connectivity index (χ2v) is 7.35. The minimum atomic E-state index is -0.0749. The molecule has 1 aliphatic rings. The molecule has 130 valence electrons. The molecule has 7 heteroatoms. The summed E-state index contributed by atoms with van der Waals surface area (Å²) < 4.78 is 5.73. The number of rotatable bonds is 6. The summed E-state index contributed by atoms with van der Waals surface area (Å²) in [5.41, 5.74) is 0.946. The summed E-state index contributed by atoms with van der Waals surface area (Å²) in [6.45, 7) is 9.10. The first-order valence-corrected chi connectivity index (χ1v) is 9.04. The smallest absolute Gasteiger partial charge is 0.317 e. The maximum Gasteiger partial charge on any atom is 0.317 e. The van der Waals surface area contributed by atoms with Crippen molar-refractivity contribution in [3.05, 3.63) is 16.1 Å². The van der Waals surface area contributed by atoms with E-state index < -0.39 is 0 Å². The molecule has 2 amide bonds. The zero-order chi connectivity index (χ0) is 17.0. The van der Waals surface area contributed by atoms with Gasteiger partial charge in [0.15, 0.2) is 0 Å². The molecule has 1 saturated heterocycles. The number of likely N-dealkylation sites (N-methyl/N-ethyl adjacent to an activating group) is 1. The van der Waals surface area contributed by atoms with E-state index in [1.807, 2.05) is 19.4 Å². The van der Waals surface area contributed by atoms with Crippen molar-refractivity contribution in [1.29, 1.82) is 0 Å². The van der Waals surface area contributed by atoms with Gasteiger partial charge in [0.2, 0.25) is 0 Å². The molecule has 0 aromatic carbocycles. The first-order valence-electron chi connectivity index (χ1n) is 8.16. The average molecular weight is 340 g/mol. The van der Waals surface area contributed by atoms with Crippen LogP contribution in [-0.2, 0) is 11.3 Å². The van der Waals surface area contributed by atoms with Gasteiger partial charge in [0.25, 0.3) is 0 Å². The zero-order valence-electron chi connectivity index (χ0n) is 14.7. The van der Waals surface area contributed by atoms with Crippen molar-refractivity contribution >= 4 is 17.4 Å². The van der Waals surface area contributed by atoms with Crippen LogP contribution in [0.1, 0.15) is 37.4 Å². The van der Waals surface area contributed by atoms with Gasteiger partial charge >= 0.3 is 6.03 Å². The van der Waals surface area contributed by atoms with Crippen molar-refractivity contribution in [1.82, 2.24) is 20.1 Å². The minimum Gasteiger partial charge on any atom is -0.375 e. The van der Waals surface area contributed by atoms with Gasteiger partial charge in [0.1, 0.15) is 0 Å². The second kappa shape index (κ2) is 8.08. The van der Waals surface area contributed by atoms with Crippen LogP contribution < -0.4 is 5.32 Å². The molecule has 0 spiro atoms. The van der Waals surface area contributed by atoms with Crippen LogP contribution in [0, 0.1) is 0 Å². The average Bonchev–Trinajstić information content (AvgIpc) is 3.07. The fourth-order valence-corrected chi connectivity index (χ4v) is 3.55. The molecule has 2 atom stereocenters. The van der Waals surface area contributed by atoms with E-state index in [4.69, 9.17) is 4.74 Å². The van der Waals surface area contributed by atoms with E-state index >= 15 is 0 Å². The Hall–Kier alpha value is -1.18. The van der Waals surface area contributed by atoms with Crippen molar-refractivity contribution in [2.24, 2.45) is 0 Å². The molecule has 0 aliphatic carbocycles. The van der Waals surface area contributed by atoms with E-state index in [1.165, 1.54) is 0 Å². The van der Waals surface area contributed by atoms with Gasteiger partial charge in [0.05, 0.1) is 29.4 Å². The van der Waals surface area contributed by atoms with Crippen LogP contribution in [0.15, 0.2) is 5.38 Å². The SMILES string of the molecule is CCO[C@H]1CN(C)C[C@@H]1NC(=O)N(C)Cc1csc(C(C)C)n1. The molecular formula is C16H28N4O2S. The lowest BCUT2D eigenvalue weighted by molar-refractivity contribution is 0.0552. The molecule has 1 fully saturated rings. The van der Waals surface area contributed by atoms with Crippen molar-refractivity contribution in [2.75, 3.05) is 33.8 Å².